The Hall–Kier alpha value is -0.570. The van der Waals surface area contributed by atoms with Crippen LogP contribution < -0.4 is 10.0 Å². The first-order valence-electron chi connectivity index (χ1n) is 7.33. The highest BCUT2D eigenvalue weighted by atomic mass is 32.2. The maximum absolute atomic E-state index is 12.4. The van der Waals surface area contributed by atoms with E-state index in [2.05, 4.69) is 34.1 Å². The predicted molar refractivity (Wildman–Crippen MR) is 85.9 cm³/mol. The lowest BCUT2D eigenvalue weighted by Gasteiger charge is -2.22. The highest BCUT2D eigenvalue weighted by Crippen LogP contribution is 2.37. The lowest BCUT2D eigenvalue weighted by atomic mass is 10.1. The number of thioether (sulfide) groups is 1. The van der Waals surface area contributed by atoms with Crippen molar-refractivity contribution in [2.75, 3.05) is 18.8 Å². The van der Waals surface area contributed by atoms with Gasteiger partial charge in [0.2, 0.25) is 0 Å². The Morgan fingerprint density at radius 2 is 2.33 bits per heavy atom. The molecule has 6 nitrogen and oxygen atoms in total. The number of H-pyrrole nitrogens is 1. The average molecular weight is 332 g/mol. The maximum Gasteiger partial charge on any atom is 0.257 e. The van der Waals surface area contributed by atoms with Crippen LogP contribution in [0.1, 0.15) is 38.7 Å². The Morgan fingerprint density at radius 3 is 3.00 bits per heavy atom. The Bertz CT molecular complexity index is 550. The standard InChI is InChI=1S/C13H24N4O2S2/c1-3-6-14-8-11-9-15-17-12(11)21(18,19)16-10-13(2)5-4-7-20-13/h9,14,16H,3-8,10H2,1-2H3,(H,15,17). The van der Waals surface area contributed by atoms with E-state index in [0.717, 1.165) is 31.6 Å². The first-order valence-corrected chi connectivity index (χ1v) is 9.80. The zero-order valence-electron chi connectivity index (χ0n) is 12.6. The van der Waals surface area contributed by atoms with Crippen molar-refractivity contribution in [1.82, 2.24) is 20.2 Å². The van der Waals surface area contributed by atoms with Gasteiger partial charge in [-0.3, -0.25) is 5.10 Å². The molecule has 0 amide bonds. The van der Waals surface area contributed by atoms with Crippen molar-refractivity contribution in [3.63, 3.8) is 0 Å². The fourth-order valence-electron chi connectivity index (χ4n) is 2.35. The van der Waals surface area contributed by atoms with Gasteiger partial charge in [0, 0.05) is 23.4 Å². The summed E-state index contributed by atoms with van der Waals surface area (Å²) < 4.78 is 27.6. The van der Waals surface area contributed by atoms with E-state index in [9.17, 15) is 8.42 Å². The summed E-state index contributed by atoms with van der Waals surface area (Å²) in [6.45, 7) is 6.01. The average Bonchev–Trinajstić information content (AvgIpc) is 3.07. The summed E-state index contributed by atoms with van der Waals surface area (Å²) in [4.78, 5) is 0. The second-order valence-electron chi connectivity index (χ2n) is 5.63. The predicted octanol–water partition coefficient (Wildman–Crippen LogP) is 1.47. The van der Waals surface area contributed by atoms with Crippen molar-refractivity contribution < 1.29 is 8.42 Å². The number of nitrogens with zero attached hydrogens (tertiary/aromatic N) is 1. The molecule has 1 aliphatic heterocycles. The van der Waals surface area contributed by atoms with Crippen molar-refractivity contribution in [3.05, 3.63) is 11.8 Å². The van der Waals surface area contributed by atoms with Crippen LogP contribution in [0.5, 0.6) is 0 Å². The zero-order chi connectivity index (χ0) is 15.3. The first kappa shape index (κ1) is 16.8. The monoisotopic (exact) mass is 332 g/mol. The Kier molecular flexibility index (Phi) is 5.70. The van der Waals surface area contributed by atoms with E-state index in [-0.39, 0.29) is 9.77 Å². The minimum absolute atomic E-state index is 0.00765. The van der Waals surface area contributed by atoms with E-state index >= 15 is 0 Å². The van der Waals surface area contributed by atoms with Gasteiger partial charge in [0.05, 0.1) is 6.20 Å². The van der Waals surface area contributed by atoms with Crippen molar-refractivity contribution in [1.29, 1.82) is 0 Å². The van der Waals surface area contributed by atoms with Gasteiger partial charge in [-0.25, -0.2) is 13.1 Å². The molecule has 1 fully saturated rings. The van der Waals surface area contributed by atoms with Crippen LogP contribution in [0, 0.1) is 0 Å². The first-order chi connectivity index (χ1) is 9.97. The Labute approximate surface area is 130 Å². The number of nitrogens with one attached hydrogen (secondary N) is 3. The van der Waals surface area contributed by atoms with E-state index in [1.165, 1.54) is 0 Å². The largest absolute Gasteiger partial charge is 0.313 e. The molecule has 120 valence electrons. The van der Waals surface area contributed by atoms with Crippen LogP contribution in [0.25, 0.3) is 0 Å². The van der Waals surface area contributed by atoms with Crippen molar-refractivity contribution in [2.45, 2.75) is 49.4 Å². The molecule has 21 heavy (non-hydrogen) atoms. The number of rotatable bonds is 8. The minimum atomic E-state index is -3.53. The topological polar surface area (TPSA) is 86.9 Å². The molecule has 1 aromatic heterocycles. The van der Waals surface area contributed by atoms with Crippen LogP contribution in [0.3, 0.4) is 0 Å². The van der Waals surface area contributed by atoms with Crippen molar-refractivity contribution in [3.8, 4) is 0 Å². The third-order valence-corrected chi connectivity index (χ3v) is 6.58. The summed E-state index contributed by atoms with van der Waals surface area (Å²) in [5, 5.41) is 9.87. The van der Waals surface area contributed by atoms with Gasteiger partial charge in [-0.15, -0.1) is 0 Å². The molecule has 2 rings (SSSR count). The van der Waals surface area contributed by atoms with Gasteiger partial charge < -0.3 is 5.32 Å². The maximum atomic E-state index is 12.4. The van der Waals surface area contributed by atoms with Gasteiger partial charge in [-0.05, 0) is 38.5 Å². The van der Waals surface area contributed by atoms with Crippen LogP contribution in [-0.4, -0.2) is 42.2 Å². The number of aromatic nitrogens is 2. The fraction of sp³-hybridized carbons (Fsp3) is 0.769. The molecule has 0 spiro atoms. The molecule has 0 bridgehead atoms. The van der Waals surface area contributed by atoms with E-state index in [1.54, 1.807) is 6.20 Å². The summed E-state index contributed by atoms with van der Waals surface area (Å²) >= 11 is 1.84. The summed E-state index contributed by atoms with van der Waals surface area (Å²) in [5.74, 6) is 1.11. The van der Waals surface area contributed by atoms with Gasteiger partial charge in [0.15, 0.2) is 5.03 Å². The molecule has 0 aliphatic carbocycles. The second kappa shape index (κ2) is 7.13. The number of hydrogen-bond donors (Lipinski definition) is 3. The van der Waals surface area contributed by atoms with Gasteiger partial charge in [0.25, 0.3) is 10.0 Å². The zero-order valence-corrected chi connectivity index (χ0v) is 14.2. The molecule has 2 heterocycles. The van der Waals surface area contributed by atoms with E-state index < -0.39 is 10.0 Å². The second-order valence-corrected chi connectivity index (χ2v) is 9.01. The molecule has 8 heteroatoms. The lowest BCUT2D eigenvalue weighted by Crippen LogP contribution is -2.37. The highest BCUT2D eigenvalue weighted by molar-refractivity contribution is 8.01. The fourth-order valence-corrected chi connectivity index (χ4v) is 4.99. The SMILES string of the molecule is CCCNCc1cn[nH]c1S(=O)(=O)NCC1(C)CCCS1. The number of aromatic amines is 1. The van der Waals surface area contributed by atoms with E-state index in [1.807, 2.05) is 11.8 Å². The molecule has 3 N–H and O–H groups in total. The quantitative estimate of drug-likeness (QED) is 0.628. The van der Waals surface area contributed by atoms with Crippen LogP contribution in [0.4, 0.5) is 0 Å². The Morgan fingerprint density at radius 1 is 1.52 bits per heavy atom. The van der Waals surface area contributed by atoms with Crippen LogP contribution in [-0.2, 0) is 16.6 Å². The molecule has 1 aliphatic rings. The highest BCUT2D eigenvalue weighted by Gasteiger charge is 2.32. The smallest absolute Gasteiger partial charge is 0.257 e. The summed E-state index contributed by atoms with van der Waals surface area (Å²) in [7, 11) is -3.53. The lowest BCUT2D eigenvalue weighted by molar-refractivity contribution is 0.547. The van der Waals surface area contributed by atoms with Crippen molar-refractivity contribution in [2.24, 2.45) is 0 Å². The molecule has 1 atom stereocenters. The summed E-state index contributed by atoms with van der Waals surface area (Å²) in [6.07, 6.45) is 4.78. The van der Waals surface area contributed by atoms with E-state index in [0.29, 0.717) is 18.7 Å². The normalized spacial score (nSPS) is 22.8. The molecule has 1 aromatic rings. The molecule has 0 saturated carbocycles. The molecule has 1 unspecified atom stereocenters. The van der Waals surface area contributed by atoms with E-state index in [4.69, 9.17) is 0 Å². The van der Waals surface area contributed by atoms with Gasteiger partial charge >= 0.3 is 0 Å². The van der Waals surface area contributed by atoms with Gasteiger partial charge in [-0.1, -0.05) is 6.92 Å². The molecule has 0 aromatic carbocycles. The molecule has 1 saturated heterocycles. The molecular formula is C13H24N4O2S2. The Balaban J connectivity index is 2.00. The minimum Gasteiger partial charge on any atom is -0.313 e. The molecular weight excluding hydrogens is 308 g/mol. The van der Waals surface area contributed by atoms with Crippen molar-refractivity contribution >= 4 is 21.8 Å². The van der Waals surface area contributed by atoms with Gasteiger partial charge in [-0.2, -0.15) is 16.9 Å². The van der Waals surface area contributed by atoms with Crippen LogP contribution in [0.15, 0.2) is 11.2 Å². The van der Waals surface area contributed by atoms with Gasteiger partial charge in [0.1, 0.15) is 0 Å². The van der Waals surface area contributed by atoms with Crippen LogP contribution in [0.2, 0.25) is 0 Å². The van der Waals surface area contributed by atoms with Crippen LogP contribution >= 0.6 is 11.8 Å². The third-order valence-electron chi connectivity index (χ3n) is 3.63. The third kappa shape index (κ3) is 4.45. The summed E-state index contributed by atoms with van der Waals surface area (Å²) in [6, 6.07) is 0. The molecule has 0 radical (unpaired) electrons. The number of hydrogen-bond acceptors (Lipinski definition) is 5. The number of sulfonamides is 1. The summed E-state index contributed by atoms with van der Waals surface area (Å²) in [5.41, 5.74) is 0.681.